The van der Waals surface area contributed by atoms with Crippen molar-refractivity contribution in [1.82, 2.24) is 34.3 Å². The molecule has 0 fully saturated rings. The van der Waals surface area contributed by atoms with Crippen LogP contribution in [0.4, 0.5) is 0 Å². The van der Waals surface area contributed by atoms with Gasteiger partial charge in [-0.1, -0.05) is 11.3 Å². The lowest BCUT2D eigenvalue weighted by Crippen LogP contribution is -2.24. The van der Waals surface area contributed by atoms with Crippen LogP contribution in [0.15, 0.2) is 22.7 Å². The van der Waals surface area contributed by atoms with Crippen LogP contribution in [-0.2, 0) is 20.7 Å². The Labute approximate surface area is 118 Å². The largest absolute Gasteiger partial charge is 0.463 e. The van der Waals surface area contributed by atoms with Crippen molar-refractivity contribution >= 4 is 11.3 Å². The van der Waals surface area contributed by atoms with Crippen LogP contribution >= 0.6 is 11.3 Å². The zero-order chi connectivity index (χ0) is 15.0. The van der Waals surface area contributed by atoms with Crippen LogP contribution in [-0.4, -0.2) is 34.3 Å². The Hall–Kier alpha value is -2.49. The number of thiazole rings is 1. The van der Waals surface area contributed by atoms with E-state index in [9.17, 15) is 4.79 Å². The van der Waals surface area contributed by atoms with Crippen LogP contribution in [0, 0.1) is 0 Å². The van der Waals surface area contributed by atoms with Crippen molar-refractivity contribution in [2.24, 2.45) is 14.1 Å². The summed E-state index contributed by atoms with van der Waals surface area (Å²) in [6.45, 7) is 0.117. The second-order valence-electron chi connectivity index (χ2n) is 3.95. The number of aryl methyl sites for hydroxylation is 2. The van der Waals surface area contributed by atoms with E-state index in [-0.39, 0.29) is 18.5 Å². The van der Waals surface area contributed by atoms with Gasteiger partial charge in [-0.25, -0.2) is 14.8 Å². The van der Waals surface area contributed by atoms with Crippen LogP contribution in [0.5, 0.6) is 5.19 Å². The quantitative estimate of drug-likeness (QED) is 0.658. The van der Waals surface area contributed by atoms with Crippen LogP contribution < -0.4 is 10.4 Å². The van der Waals surface area contributed by atoms with Gasteiger partial charge in [0.2, 0.25) is 0 Å². The molecule has 0 radical (unpaired) electrons. The molecule has 3 rings (SSSR count). The molecule has 0 bridgehead atoms. The van der Waals surface area contributed by atoms with Crippen LogP contribution in [0.25, 0.3) is 5.82 Å². The zero-order valence-electron chi connectivity index (χ0n) is 11.7. The Morgan fingerprint density at radius 2 is 2.25 bits per heavy atom. The van der Waals surface area contributed by atoms with Crippen LogP contribution in [0.2, 0.25) is 0 Å². The second-order valence-corrected chi connectivity index (χ2v) is 4.77. The fourth-order valence-corrected chi connectivity index (χ4v) is 2.11. The first-order chi connectivity index (χ1) is 10.1. The van der Waals surface area contributed by atoms with E-state index < -0.39 is 0 Å². The van der Waals surface area contributed by atoms with Gasteiger partial charge in [0, 0.05) is 25.6 Å². The van der Waals surface area contributed by atoms with Gasteiger partial charge in [-0.3, -0.25) is 0 Å². The van der Waals surface area contributed by atoms with Crippen molar-refractivity contribution in [3.05, 3.63) is 34.1 Å². The van der Waals surface area contributed by atoms with E-state index in [1.165, 1.54) is 18.4 Å². The molecule has 0 atom stereocenters. The summed E-state index contributed by atoms with van der Waals surface area (Å²) in [5, 5.41) is 9.42. The Kier molecular flexibility index (Phi) is 2.77. The summed E-state index contributed by atoms with van der Waals surface area (Å²) in [6.07, 6.45) is 1.72. The summed E-state index contributed by atoms with van der Waals surface area (Å²) in [7, 11) is 3.27. The van der Waals surface area contributed by atoms with Gasteiger partial charge in [-0.15, -0.1) is 4.68 Å². The monoisotopic (exact) mass is 295 g/mol. The summed E-state index contributed by atoms with van der Waals surface area (Å²) in [5.41, 5.74) is 0.157. The molecule has 0 spiro atoms. The van der Waals surface area contributed by atoms with Crippen molar-refractivity contribution in [2.45, 2.75) is 6.61 Å². The Morgan fingerprint density at radius 1 is 1.40 bits per heavy atom. The maximum absolute atomic E-state index is 11.9. The number of nitrogens with zero attached hydrogens (tertiary/aromatic N) is 7. The first kappa shape index (κ1) is 11.3. The van der Waals surface area contributed by atoms with Gasteiger partial charge in [-0.2, -0.15) is 4.68 Å². The lowest BCUT2D eigenvalue weighted by molar-refractivity contribution is 0.299. The van der Waals surface area contributed by atoms with Gasteiger partial charge in [0.1, 0.15) is 12.3 Å². The third-order valence-corrected chi connectivity index (χ3v) is 3.24. The molecule has 104 valence electrons. The number of tetrazole rings is 1. The minimum Gasteiger partial charge on any atom is -0.463 e. The van der Waals surface area contributed by atoms with Gasteiger partial charge in [0.25, 0.3) is 5.19 Å². The number of hydrogen-bond donors (Lipinski definition) is 0. The number of aromatic nitrogens is 7. The van der Waals surface area contributed by atoms with Crippen molar-refractivity contribution in [3.63, 3.8) is 0 Å². The van der Waals surface area contributed by atoms with Gasteiger partial charge in [0.15, 0.2) is 5.82 Å². The molecule has 0 aliphatic carbocycles. The Morgan fingerprint density at radius 3 is 2.90 bits per heavy atom. The normalized spacial score (nSPS) is 11.6. The van der Waals surface area contributed by atoms with Crippen molar-refractivity contribution in [3.8, 4) is 11.0 Å². The van der Waals surface area contributed by atoms with E-state index in [0.717, 1.165) is 9.36 Å². The average molecular weight is 295 g/mol. The third-order valence-electron chi connectivity index (χ3n) is 2.60. The van der Waals surface area contributed by atoms with Gasteiger partial charge < -0.3 is 9.30 Å². The van der Waals surface area contributed by atoms with Crippen LogP contribution in [0.1, 0.15) is 7.06 Å². The highest BCUT2D eigenvalue weighted by Gasteiger charge is 2.17. The molecule has 0 aromatic carbocycles. The fraction of sp³-hybridized carbons (Fsp3) is 0.300. The molecule has 0 unspecified atom stereocenters. The predicted molar refractivity (Wildman–Crippen MR) is 69.8 cm³/mol. The first-order valence-corrected chi connectivity index (χ1v) is 6.48. The summed E-state index contributed by atoms with van der Waals surface area (Å²) in [6, 6.07) is 0. The molecule has 10 heteroatoms. The van der Waals surface area contributed by atoms with E-state index >= 15 is 0 Å². The molecule has 3 heterocycles. The van der Waals surface area contributed by atoms with Crippen LogP contribution in [0.3, 0.4) is 0 Å². The average Bonchev–Trinajstić information content (AvgIpc) is 3.11. The molecule has 0 N–H and O–H groups in total. The lowest BCUT2D eigenvalue weighted by Gasteiger charge is -2.04. The molecule has 0 aliphatic rings. The summed E-state index contributed by atoms with van der Waals surface area (Å²) in [5.74, 6) is 0.482. The van der Waals surface area contributed by atoms with Gasteiger partial charge in [0.05, 0.1) is 7.70 Å². The molecule has 20 heavy (non-hydrogen) atoms. The van der Waals surface area contributed by atoms with Crippen molar-refractivity contribution in [2.75, 3.05) is 0 Å². The molecule has 3 aromatic heterocycles. The van der Waals surface area contributed by atoms with Crippen molar-refractivity contribution < 1.29 is 6.11 Å². The van der Waals surface area contributed by atoms with Gasteiger partial charge in [-0.05, 0) is 10.4 Å². The molecule has 0 amide bonds. The standard InChI is InChI=1S/C10H11N7O2S/c1-15-6-12-7(5-19-9-11-3-4-20-9)8(15)17-10(18)16(2)13-14-17/h3-4,6H,5H2,1-2H3/i3T. The molecular formula is C10H11N7O2S. The SMILES string of the molecule is [3H]c1csc(OCc2ncn(C)c2-n2nnn(C)c2=O)n1. The maximum Gasteiger partial charge on any atom is 0.369 e. The predicted octanol–water partition coefficient (Wildman–Crippen LogP) is -0.265. The molecule has 3 aromatic rings. The topological polar surface area (TPSA) is 92.7 Å². The lowest BCUT2D eigenvalue weighted by atomic mass is 10.4. The minimum atomic E-state index is -0.373. The Balaban J connectivity index is 1.90. The smallest absolute Gasteiger partial charge is 0.369 e. The van der Waals surface area contributed by atoms with E-state index in [4.69, 9.17) is 6.11 Å². The summed E-state index contributed by atoms with van der Waals surface area (Å²) < 4.78 is 16.8. The minimum absolute atomic E-state index is 0.117. The number of hydrogen-bond acceptors (Lipinski definition) is 7. The molecule has 0 aliphatic heterocycles. The number of ether oxygens (including phenoxy) is 1. The van der Waals surface area contributed by atoms with E-state index in [0.29, 0.717) is 16.7 Å². The van der Waals surface area contributed by atoms with Crippen molar-refractivity contribution in [1.29, 1.82) is 0 Å². The molecular weight excluding hydrogens is 282 g/mol. The Bertz CT molecular complexity index is 833. The zero-order valence-corrected chi connectivity index (χ0v) is 11.5. The highest BCUT2D eigenvalue weighted by atomic mass is 32.1. The molecule has 0 saturated carbocycles. The van der Waals surface area contributed by atoms with Gasteiger partial charge >= 0.3 is 5.69 Å². The fourth-order valence-electron chi connectivity index (χ4n) is 1.67. The maximum atomic E-state index is 11.9. The molecule has 0 saturated heterocycles. The highest BCUT2D eigenvalue weighted by Crippen LogP contribution is 2.17. The third kappa shape index (κ3) is 2.09. The van der Waals surface area contributed by atoms with E-state index in [2.05, 4.69) is 20.4 Å². The van der Waals surface area contributed by atoms with E-state index in [1.54, 1.807) is 23.3 Å². The first-order valence-electron chi connectivity index (χ1n) is 6.11. The second kappa shape index (κ2) is 4.89. The summed E-state index contributed by atoms with van der Waals surface area (Å²) in [4.78, 5) is 20.0. The summed E-state index contributed by atoms with van der Waals surface area (Å²) >= 11 is 1.23. The number of rotatable bonds is 4. The highest BCUT2D eigenvalue weighted by molar-refractivity contribution is 7.11. The number of imidazole rings is 1. The molecule has 9 nitrogen and oxygen atoms in total. The van der Waals surface area contributed by atoms with E-state index in [1.807, 2.05) is 0 Å².